The van der Waals surface area contributed by atoms with Crippen LogP contribution in [0.2, 0.25) is 0 Å². The Morgan fingerprint density at radius 3 is 1.22 bits per heavy atom. The molecule has 0 N–H and O–H groups in total. The average Bonchev–Trinajstić information content (AvgIpc) is 2.90. The van der Waals surface area contributed by atoms with Crippen molar-refractivity contribution in [2.75, 3.05) is 54.4 Å². The van der Waals surface area contributed by atoms with Crippen molar-refractivity contribution in [1.82, 2.24) is 19.6 Å². The first-order valence-corrected chi connectivity index (χ1v) is 12.9. The van der Waals surface area contributed by atoms with Crippen molar-refractivity contribution in [2.45, 2.75) is 38.8 Å². The Morgan fingerprint density at radius 1 is 0.667 bits per heavy atom. The molecule has 6 heteroatoms. The number of carbonyl (C=O) groups is 2. The van der Waals surface area contributed by atoms with E-state index in [-0.39, 0.29) is 11.8 Å². The Labute approximate surface area is 217 Å². The van der Waals surface area contributed by atoms with Gasteiger partial charge >= 0.3 is 0 Å². The highest BCUT2D eigenvalue weighted by molar-refractivity contribution is 5.96. The molecule has 2 amide bonds. The number of likely N-dealkylation sites (N-methyl/N-ethyl adjacent to an activating group) is 2. The predicted octanol–water partition coefficient (Wildman–Crippen LogP) is 3.68. The van der Waals surface area contributed by atoms with Crippen LogP contribution in [0, 0.1) is 12.8 Å². The smallest absolute Gasteiger partial charge is 0.253 e. The molecule has 0 saturated carbocycles. The molecule has 2 radical (unpaired) electrons. The van der Waals surface area contributed by atoms with Crippen molar-refractivity contribution in [3.63, 3.8) is 0 Å². The van der Waals surface area contributed by atoms with E-state index in [1.807, 2.05) is 34.1 Å². The minimum atomic E-state index is 0.0346. The van der Waals surface area contributed by atoms with Crippen LogP contribution in [-0.4, -0.2) is 97.9 Å². The first kappa shape index (κ1) is 27.9. The molecule has 1 saturated heterocycles. The summed E-state index contributed by atoms with van der Waals surface area (Å²) in [6.45, 7) is 6.36. The van der Waals surface area contributed by atoms with E-state index < -0.39 is 0 Å². The van der Waals surface area contributed by atoms with Crippen molar-refractivity contribution in [3.8, 4) is 0 Å². The molecule has 3 rings (SSSR count). The average molecular weight is 491 g/mol. The van der Waals surface area contributed by atoms with Gasteiger partial charge in [-0.1, -0.05) is 38.1 Å². The van der Waals surface area contributed by atoms with Crippen LogP contribution < -0.4 is 0 Å². The van der Waals surface area contributed by atoms with Gasteiger partial charge in [-0.05, 0) is 89.3 Å². The molecule has 0 aromatic heterocycles. The second-order valence-electron chi connectivity index (χ2n) is 10.1. The van der Waals surface area contributed by atoms with Crippen molar-refractivity contribution < 1.29 is 9.59 Å². The summed E-state index contributed by atoms with van der Waals surface area (Å²) in [5.74, 6) is 0.0692. The van der Waals surface area contributed by atoms with Crippen molar-refractivity contribution in [1.29, 1.82) is 0 Å². The lowest BCUT2D eigenvalue weighted by molar-refractivity contribution is 0.0535. The van der Waals surface area contributed by atoms with E-state index in [0.29, 0.717) is 49.4 Å². The normalized spacial score (nSPS) is 15.9. The fraction of sp³-hybridized carbons (Fsp3) is 0.467. The Hall–Kier alpha value is -2.70. The van der Waals surface area contributed by atoms with E-state index in [0.717, 1.165) is 12.8 Å². The number of carbonyl (C=O) groups excluding carboxylic acids is 2. The molecule has 1 aliphatic heterocycles. The summed E-state index contributed by atoms with van der Waals surface area (Å²) in [6, 6.07) is 16.7. The van der Waals surface area contributed by atoms with Crippen LogP contribution >= 0.6 is 0 Å². The van der Waals surface area contributed by atoms with Crippen LogP contribution in [-0.2, 0) is 12.8 Å². The maximum absolute atomic E-state index is 13.0. The molecule has 1 heterocycles. The summed E-state index contributed by atoms with van der Waals surface area (Å²) in [4.78, 5) is 34.2. The summed E-state index contributed by atoms with van der Waals surface area (Å²) < 4.78 is 0. The molecule has 2 aromatic rings. The van der Waals surface area contributed by atoms with E-state index >= 15 is 0 Å². The Balaban J connectivity index is 1.53. The highest BCUT2D eigenvalue weighted by atomic mass is 16.2. The van der Waals surface area contributed by atoms with E-state index in [9.17, 15) is 9.59 Å². The number of hydrogen-bond acceptors (Lipinski definition) is 4. The van der Waals surface area contributed by atoms with Gasteiger partial charge in [-0.25, -0.2) is 0 Å². The minimum absolute atomic E-state index is 0.0346. The third-order valence-electron chi connectivity index (χ3n) is 7.24. The summed E-state index contributed by atoms with van der Waals surface area (Å²) in [5, 5.41) is 0. The summed E-state index contributed by atoms with van der Waals surface area (Å²) in [6.07, 6.45) is 6.24. The third kappa shape index (κ3) is 7.17. The number of piperazine rings is 1. The number of rotatable bonds is 10. The van der Waals surface area contributed by atoms with Crippen LogP contribution in [0.3, 0.4) is 0 Å². The lowest BCUT2D eigenvalue weighted by Crippen LogP contribution is -2.50. The van der Waals surface area contributed by atoms with E-state index in [4.69, 9.17) is 0 Å². The van der Waals surface area contributed by atoms with Gasteiger partial charge in [-0.15, -0.1) is 0 Å². The van der Waals surface area contributed by atoms with Gasteiger partial charge in [0.25, 0.3) is 11.8 Å². The number of hydrogen-bond donors (Lipinski definition) is 0. The van der Waals surface area contributed by atoms with Gasteiger partial charge in [0.15, 0.2) is 0 Å². The second-order valence-corrected chi connectivity index (χ2v) is 10.1. The van der Waals surface area contributed by atoms with Gasteiger partial charge in [-0.3, -0.25) is 9.59 Å². The second kappa shape index (κ2) is 13.0. The molecule has 2 aromatic carbocycles. The molecule has 2 unspecified atom stereocenters. The molecule has 1 fully saturated rings. The summed E-state index contributed by atoms with van der Waals surface area (Å²) in [5.41, 5.74) is 3.84. The zero-order valence-corrected chi connectivity index (χ0v) is 22.8. The lowest BCUT2D eigenvalue weighted by atomic mass is 10.0. The van der Waals surface area contributed by atoms with E-state index in [1.54, 1.807) is 0 Å². The maximum atomic E-state index is 13.0. The van der Waals surface area contributed by atoms with Crippen LogP contribution in [0.15, 0.2) is 48.5 Å². The number of nitrogens with zero attached hydrogens (tertiary/aromatic N) is 4. The summed E-state index contributed by atoms with van der Waals surface area (Å²) >= 11 is 0. The van der Waals surface area contributed by atoms with Gasteiger partial charge in [0.2, 0.25) is 0 Å². The van der Waals surface area contributed by atoms with Gasteiger partial charge in [0, 0.05) is 49.4 Å². The van der Waals surface area contributed by atoms with Crippen LogP contribution in [0.1, 0.15) is 45.7 Å². The zero-order valence-electron chi connectivity index (χ0n) is 22.8. The van der Waals surface area contributed by atoms with Gasteiger partial charge in [0.05, 0.1) is 0 Å². The lowest BCUT2D eigenvalue weighted by Gasteiger charge is -2.35. The van der Waals surface area contributed by atoms with E-state index in [1.165, 1.54) is 11.1 Å². The fourth-order valence-corrected chi connectivity index (χ4v) is 4.72. The molecule has 194 valence electrons. The third-order valence-corrected chi connectivity index (χ3v) is 7.24. The van der Waals surface area contributed by atoms with Crippen LogP contribution in [0.25, 0.3) is 0 Å². The number of benzene rings is 2. The highest BCUT2D eigenvalue weighted by Gasteiger charge is 2.25. The van der Waals surface area contributed by atoms with Crippen molar-refractivity contribution in [3.05, 3.63) is 83.6 Å². The molecule has 6 nitrogen and oxygen atoms in total. The highest BCUT2D eigenvalue weighted by Crippen LogP contribution is 2.16. The fourth-order valence-electron chi connectivity index (χ4n) is 4.72. The Bertz CT molecular complexity index is 896. The molecular formula is C30H42N4O2. The minimum Gasteiger partial charge on any atom is -0.335 e. The Morgan fingerprint density at radius 2 is 0.972 bits per heavy atom. The zero-order chi connectivity index (χ0) is 26.2. The van der Waals surface area contributed by atoms with E-state index in [2.05, 4.69) is 88.9 Å². The summed E-state index contributed by atoms with van der Waals surface area (Å²) in [7, 11) is 8.31. The van der Waals surface area contributed by atoms with Crippen LogP contribution in [0.4, 0.5) is 0 Å². The standard InChI is InChI=1S/C30H42N4O2/c1-7-27(31(3)4)21-23-9-13-25(14-10-23)29(35)33-17-19-34(20-18-33)30(36)26-15-11-24(12-16-26)22-28(8-2)32(5)6/h7-16,27-28H,17-22H2,1-6H3. The maximum Gasteiger partial charge on any atom is 0.253 e. The molecule has 2 atom stereocenters. The SMILES string of the molecule is C[CH]C(Cc1ccc(C(=O)N2CCN(C(=O)c3ccc(CC([CH]C)N(C)C)cc3)CC2)cc1)N(C)C. The quantitative estimate of drug-likeness (QED) is 0.510. The largest absolute Gasteiger partial charge is 0.335 e. The molecule has 0 aliphatic carbocycles. The molecule has 1 aliphatic rings. The van der Waals surface area contributed by atoms with Gasteiger partial charge in [-0.2, -0.15) is 0 Å². The molecular weight excluding hydrogens is 448 g/mol. The van der Waals surface area contributed by atoms with Gasteiger partial charge < -0.3 is 19.6 Å². The number of amides is 2. The topological polar surface area (TPSA) is 47.1 Å². The van der Waals surface area contributed by atoms with Crippen molar-refractivity contribution in [2.24, 2.45) is 0 Å². The van der Waals surface area contributed by atoms with Gasteiger partial charge in [0.1, 0.15) is 0 Å². The predicted molar refractivity (Wildman–Crippen MR) is 147 cm³/mol. The monoisotopic (exact) mass is 490 g/mol. The first-order valence-electron chi connectivity index (χ1n) is 12.9. The van der Waals surface area contributed by atoms with Crippen LogP contribution in [0.5, 0.6) is 0 Å². The molecule has 36 heavy (non-hydrogen) atoms. The first-order chi connectivity index (χ1) is 17.2. The molecule has 0 bridgehead atoms. The van der Waals surface area contributed by atoms with Crippen molar-refractivity contribution >= 4 is 11.8 Å². The molecule has 0 spiro atoms. The Kier molecular flexibility index (Phi) is 10.1.